The standard InChI is InChI=1S/C20H15Cl2N3O4/c1-20(14-7-6-11(21)10-15(14)22)18(28)25(19(29)23-20)9-8-24-16(26)12-4-2-3-5-13(12)17(24)27/h2-7,10H,8-9H2,1H3,(H,23,29). The largest absolute Gasteiger partial charge is 0.325 e. The third-order valence-electron chi connectivity index (χ3n) is 5.17. The molecule has 1 N–H and O–H groups in total. The molecule has 0 aliphatic carbocycles. The first kappa shape index (κ1) is 19.4. The van der Waals surface area contributed by atoms with E-state index >= 15 is 0 Å². The first-order valence-corrected chi connectivity index (χ1v) is 9.54. The van der Waals surface area contributed by atoms with Crippen LogP contribution < -0.4 is 5.32 Å². The average molecular weight is 432 g/mol. The third-order valence-corrected chi connectivity index (χ3v) is 5.72. The maximum absolute atomic E-state index is 13.0. The molecule has 7 nitrogen and oxygen atoms in total. The highest BCUT2D eigenvalue weighted by Crippen LogP contribution is 2.35. The predicted octanol–water partition coefficient (Wildman–Crippen LogP) is 3.06. The molecule has 0 radical (unpaired) electrons. The topological polar surface area (TPSA) is 86.8 Å². The van der Waals surface area contributed by atoms with Gasteiger partial charge in [0.1, 0.15) is 5.54 Å². The van der Waals surface area contributed by atoms with Gasteiger partial charge in [-0.2, -0.15) is 0 Å². The maximum Gasteiger partial charge on any atom is 0.325 e. The molecule has 5 amide bonds. The highest BCUT2D eigenvalue weighted by Gasteiger charge is 2.50. The number of urea groups is 1. The number of fused-ring (bicyclic) bond motifs is 1. The lowest BCUT2D eigenvalue weighted by atomic mass is 9.92. The normalized spacial score (nSPS) is 21.1. The number of imide groups is 2. The summed E-state index contributed by atoms with van der Waals surface area (Å²) < 4.78 is 0. The van der Waals surface area contributed by atoms with Gasteiger partial charge in [0.15, 0.2) is 0 Å². The number of nitrogens with zero attached hydrogens (tertiary/aromatic N) is 2. The van der Waals surface area contributed by atoms with E-state index in [0.717, 1.165) is 9.80 Å². The smallest absolute Gasteiger partial charge is 0.319 e. The van der Waals surface area contributed by atoms with Crippen LogP contribution in [0.25, 0.3) is 0 Å². The molecule has 2 aromatic carbocycles. The van der Waals surface area contributed by atoms with Gasteiger partial charge in [0.05, 0.1) is 11.1 Å². The second-order valence-electron chi connectivity index (χ2n) is 6.94. The Balaban J connectivity index is 1.54. The average Bonchev–Trinajstić information content (AvgIpc) is 3.05. The van der Waals surface area contributed by atoms with E-state index in [0.29, 0.717) is 21.7 Å². The molecule has 1 atom stereocenters. The van der Waals surface area contributed by atoms with Crippen molar-refractivity contribution in [3.8, 4) is 0 Å². The number of carbonyl (C=O) groups is 4. The second-order valence-corrected chi connectivity index (χ2v) is 7.79. The van der Waals surface area contributed by atoms with E-state index in [1.807, 2.05) is 0 Å². The van der Waals surface area contributed by atoms with Crippen molar-refractivity contribution in [1.29, 1.82) is 0 Å². The molecule has 2 aliphatic heterocycles. The van der Waals surface area contributed by atoms with E-state index in [9.17, 15) is 19.2 Å². The van der Waals surface area contributed by atoms with Crippen molar-refractivity contribution < 1.29 is 19.2 Å². The van der Waals surface area contributed by atoms with E-state index < -0.39 is 29.3 Å². The van der Waals surface area contributed by atoms with Crippen molar-refractivity contribution in [2.45, 2.75) is 12.5 Å². The highest BCUT2D eigenvalue weighted by atomic mass is 35.5. The first-order valence-electron chi connectivity index (χ1n) is 8.79. The summed E-state index contributed by atoms with van der Waals surface area (Å²) in [6.45, 7) is 1.32. The Labute approximate surface area is 176 Å². The monoisotopic (exact) mass is 431 g/mol. The number of nitrogens with one attached hydrogen (secondary N) is 1. The van der Waals surface area contributed by atoms with Gasteiger partial charge in [-0.25, -0.2) is 4.79 Å². The Bertz CT molecular complexity index is 1050. The Morgan fingerprint density at radius 2 is 1.48 bits per heavy atom. The summed E-state index contributed by atoms with van der Waals surface area (Å²) in [4.78, 5) is 52.5. The van der Waals surface area contributed by atoms with Gasteiger partial charge in [0.2, 0.25) is 0 Å². The molecule has 1 fully saturated rings. The lowest BCUT2D eigenvalue weighted by Gasteiger charge is -2.24. The van der Waals surface area contributed by atoms with Crippen LogP contribution >= 0.6 is 23.2 Å². The fraction of sp³-hybridized carbons (Fsp3) is 0.200. The van der Waals surface area contributed by atoms with Gasteiger partial charge in [0, 0.05) is 28.7 Å². The van der Waals surface area contributed by atoms with Crippen molar-refractivity contribution in [1.82, 2.24) is 15.1 Å². The summed E-state index contributed by atoms with van der Waals surface area (Å²) in [5, 5.41) is 3.29. The fourth-order valence-corrected chi connectivity index (χ4v) is 4.22. The minimum Gasteiger partial charge on any atom is -0.319 e. The van der Waals surface area contributed by atoms with Crippen molar-refractivity contribution in [3.05, 3.63) is 69.2 Å². The minimum absolute atomic E-state index is 0.101. The molecule has 1 unspecified atom stereocenters. The van der Waals surface area contributed by atoms with Crippen molar-refractivity contribution in [2.75, 3.05) is 13.1 Å². The van der Waals surface area contributed by atoms with Crippen LogP contribution in [0.2, 0.25) is 10.0 Å². The Morgan fingerprint density at radius 3 is 2.07 bits per heavy atom. The highest BCUT2D eigenvalue weighted by molar-refractivity contribution is 6.35. The van der Waals surface area contributed by atoms with Gasteiger partial charge >= 0.3 is 6.03 Å². The van der Waals surface area contributed by atoms with Crippen LogP contribution in [-0.4, -0.2) is 46.6 Å². The molecular weight excluding hydrogens is 417 g/mol. The SMILES string of the molecule is CC1(c2ccc(Cl)cc2Cl)NC(=O)N(CCN2C(=O)c3ccccc3C2=O)C1=O. The van der Waals surface area contributed by atoms with Gasteiger partial charge in [-0.05, 0) is 31.2 Å². The zero-order valence-corrected chi connectivity index (χ0v) is 16.8. The molecule has 0 aromatic heterocycles. The molecule has 148 valence electrons. The quantitative estimate of drug-likeness (QED) is 0.595. The molecule has 2 aromatic rings. The molecule has 4 rings (SSSR count). The Kier molecular flexibility index (Phi) is 4.59. The van der Waals surface area contributed by atoms with Gasteiger partial charge in [-0.1, -0.05) is 41.4 Å². The number of benzene rings is 2. The summed E-state index contributed by atoms with van der Waals surface area (Å²) in [5.41, 5.74) is -0.342. The van der Waals surface area contributed by atoms with Crippen LogP contribution in [0.3, 0.4) is 0 Å². The Hall–Kier alpha value is -2.90. The van der Waals surface area contributed by atoms with Crippen LogP contribution in [0.4, 0.5) is 4.79 Å². The van der Waals surface area contributed by atoms with Crippen LogP contribution in [0.1, 0.15) is 33.2 Å². The van der Waals surface area contributed by atoms with Crippen LogP contribution in [-0.2, 0) is 10.3 Å². The predicted molar refractivity (Wildman–Crippen MR) is 106 cm³/mol. The molecule has 9 heteroatoms. The van der Waals surface area contributed by atoms with Crippen molar-refractivity contribution in [2.24, 2.45) is 0 Å². The summed E-state index contributed by atoms with van der Waals surface area (Å²) in [5.74, 6) is -1.41. The summed E-state index contributed by atoms with van der Waals surface area (Å²) in [7, 11) is 0. The van der Waals surface area contributed by atoms with Gasteiger partial charge in [-0.15, -0.1) is 0 Å². The Morgan fingerprint density at radius 1 is 0.897 bits per heavy atom. The molecule has 2 aliphatic rings. The third kappa shape index (κ3) is 2.97. The zero-order valence-electron chi connectivity index (χ0n) is 15.2. The number of hydrogen-bond acceptors (Lipinski definition) is 4. The zero-order chi connectivity index (χ0) is 20.9. The van der Waals surface area contributed by atoms with Crippen molar-refractivity contribution in [3.63, 3.8) is 0 Å². The van der Waals surface area contributed by atoms with E-state index in [2.05, 4.69) is 5.32 Å². The van der Waals surface area contributed by atoms with E-state index in [4.69, 9.17) is 23.2 Å². The molecule has 0 spiro atoms. The van der Waals surface area contributed by atoms with E-state index in [1.54, 1.807) is 43.3 Å². The van der Waals surface area contributed by atoms with Crippen LogP contribution in [0.5, 0.6) is 0 Å². The molecule has 0 bridgehead atoms. The molecule has 2 heterocycles. The van der Waals surface area contributed by atoms with Gasteiger partial charge in [0.25, 0.3) is 17.7 Å². The van der Waals surface area contributed by atoms with Gasteiger partial charge < -0.3 is 5.32 Å². The number of carbonyl (C=O) groups excluding carboxylic acids is 4. The van der Waals surface area contributed by atoms with Crippen molar-refractivity contribution >= 4 is 47.0 Å². The molecule has 29 heavy (non-hydrogen) atoms. The molecule has 1 saturated heterocycles. The molecule has 0 saturated carbocycles. The van der Waals surface area contributed by atoms with Crippen LogP contribution in [0.15, 0.2) is 42.5 Å². The summed E-state index contributed by atoms with van der Waals surface area (Å²) >= 11 is 12.1. The lowest BCUT2D eigenvalue weighted by Crippen LogP contribution is -2.43. The number of halogens is 2. The summed E-state index contributed by atoms with van der Waals surface area (Å²) in [6, 6.07) is 10.5. The first-order chi connectivity index (χ1) is 13.7. The van der Waals surface area contributed by atoms with Gasteiger partial charge in [-0.3, -0.25) is 24.2 Å². The summed E-state index contributed by atoms with van der Waals surface area (Å²) in [6.07, 6.45) is 0. The number of hydrogen-bond donors (Lipinski definition) is 1. The molecular formula is C20H15Cl2N3O4. The number of rotatable bonds is 4. The number of amides is 5. The lowest BCUT2D eigenvalue weighted by molar-refractivity contribution is -0.131. The van der Waals surface area contributed by atoms with E-state index in [-0.39, 0.29) is 18.1 Å². The minimum atomic E-state index is -1.37. The maximum atomic E-state index is 13.0. The van der Waals surface area contributed by atoms with E-state index in [1.165, 1.54) is 6.07 Å². The fourth-order valence-electron chi connectivity index (χ4n) is 3.62. The second kappa shape index (κ2) is 6.86. The van der Waals surface area contributed by atoms with Crippen LogP contribution in [0, 0.1) is 0 Å².